The van der Waals surface area contributed by atoms with E-state index in [0.717, 1.165) is 11.3 Å². The van der Waals surface area contributed by atoms with Crippen molar-refractivity contribution in [3.05, 3.63) is 28.8 Å². The van der Waals surface area contributed by atoms with Gasteiger partial charge in [0.2, 0.25) is 0 Å². The maximum atomic E-state index is 12.0. The van der Waals surface area contributed by atoms with Gasteiger partial charge in [-0.25, -0.2) is 0 Å². The molecule has 0 saturated carbocycles. The van der Waals surface area contributed by atoms with E-state index in [4.69, 9.17) is 10.5 Å². The van der Waals surface area contributed by atoms with Gasteiger partial charge in [0.25, 0.3) is 5.91 Å². The van der Waals surface area contributed by atoms with Crippen molar-refractivity contribution in [3.63, 3.8) is 0 Å². The highest BCUT2D eigenvalue weighted by Crippen LogP contribution is 2.31. The van der Waals surface area contributed by atoms with Crippen molar-refractivity contribution < 1.29 is 9.53 Å². The lowest BCUT2D eigenvalue weighted by Gasteiger charge is -2.20. The van der Waals surface area contributed by atoms with Gasteiger partial charge in [-0.05, 0) is 50.5 Å². The fourth-order valence-corrected chi connectivity index (χ4v) is 2.09. The first-order valence-corrected chi connectivity index (χ1v) is 6.59. The molecule has 1 aromatic carbocycles. The van der Waals surface area contributed by atoms with Crippen LogP contribution in [0.2, 0.25) is 0 Å². The van der Waals surface area contributed by atoms with Gasteiger partial charge in [-0.2, -0.15) is 0 Å². The van der Waals surface area contributed by atoms with Crippen LogP contribution in [0.25, 0.3) is 0 Å². The van der Waals surface area contributed by atoms with E-state index in [2.05, 4.69) is 18.3 Å². The smallest absolute Gasteiger partial charge is 0.261 e. The number of halogens is 1. The molecule has 0 aromatic heterocycles. The van der Waals surface area contributed by atoms with Crippen LogP contribution in [0.3, 0.4) is 0 Å². The summed E-state index contributed by atoms with van der Waals surface area (Å²) in [5.74, 6) is 0.736. The van der Waals surface area contributed by atoms with Crippen molar-refractivity contribution in [3.8, 4) is 5.75 Å². The molecule has 1 heterocycles. The van der Waals surface area contributed by atoms with Crippen LogP contribution >= 0.6 is 12.4 Å². The Morgan fingerprint density at radius 1 is 1.40 bits per heavy atom. The lowest BCUT2D eigenvalue weighted by molar-refractivity contribution is -0.127. The molecule has 112 valence electrons. The van der Waals surface area contributed by atoms with E-state index in [1.54, 1.807) is 0 Å². The third-order valence-electron chi connectivity index (χ3n) is 3.36. The minimum atomic E-state index is -0.432. The molecule has 2 rings (SSSR count). The molecule has 1 aliphatic heterocycles. The van der Waals surface area contributed by atoms with Crippen LogP contribution in [-0.4, -0.2) is 24.1 Å². The third kappa shape index (κ3) is 3.87. The van der Waals surface area contributed by atoms with E-state index >= 15 is 0 Å². The summed E-state index contributed by atoms with van der Waals surface area (Å²) in [5.41, 5.74) is 8.96. The maximum Gasteiger partial charge on any atom is 0.261 e. The molecule has 0 radical (unpaired) electrons. The molecule has 0 bridgehead atoms. The first-order chi connectivity index (χ1) is 8.76. The summed E-state index contributed by atoms with van der Waals surface area (Å²) in [6.45, 7) is 8.32. The van der Waals surface area contributed by atoms with Crippen LogP contribution in [0.5, 0.6) is 5.75 Å². The first kappa shape index (κ1) is 16.8. The highest BCUT2D eigenvalue weighted by Gasteiger charge is 2.30. The van der Waals surface area contributed by atoms with Crippen molar-refractivity contribution in [2.75, 3.05) is 6.54 Å². The van der Waals surface area contributed by atoms with E-state index in [-0.39, 0.29) is 18.3 Å². The molecule has 20 heavy (non-hydrogen) atoms. The van der Waals surface area contributed by atoms with Gasteiger partial charge < -0.3 is 15.8 Å². The maximum absolute atomic E-state index is 12.0. The molecule has 1 aromatic rings. The number of benzene rings is 1. The van der Waals surface area contributed by atoms with Gasteiger partial charge in [0.15, 0.2) is 6.10 Å². The van der Waals surface area contributed by atoms with Gasteiger partial charge >= 0.3 is 0 Å². The number of hydrogen-bond acceptors (Lipinski definition) is 3. The van der Waals surface area contributed by atoms with Crippen molar-refractivity contribution >= 4 is 18.3 Å². The molecule has 1 atom stereocenters. The second-order valence-corrected chi connectivity index (χ2v) is 6.06. The minimum Gasteiger partial charge on any atom is -0.480 e. The predicted octanol–water partition coefficient (Wildman–Crippen LogP) is 1.88. The summed E-state index contributed by atoms with van der Waals surface area (Å²) < 4.78 is 5.72. The Morgan fingerprint density at radius 2 is 2.00 bits per heavy atom. The summed E-state index contributed by atoms with van der Waals surface area (Å²) >= 11 is 0. The molecule has 3 N–H and O–H groups in total. The Hall–Kier alpha value is -1.26. The highest BCUT2D eigenvalue weighted by atomic mass is 35.5. The zero-order valence-electron chi connectivity index (χ0n) is 12.4. The second-order valence-electron chi connectivity index (χ2n) is 6.06. The average Bonchev–Trinajstić information content (AvgIpc) is 2.68. The Kier molecular flexibility index (Phi) is 5.05. The Balaban J connectivity index is 0.00000200. The molecular formula is C15H23ClN2O2. The second kappa shape index (κ2) is 6.02. The monoisotopic (exact) mass is 298 g/mol. The molecule has 1 unspecified atom stereocenters. The standard InChI is InChI=1S/C15H22N2O2.ClH/c1-9-5-11-7-13(19-12(11)6-10(9)2)14(18)17-8-15(3,4)16;/h5-6,13H,7-8,16H2,1-4H3,(H,17,18);1H. The quantitative estimate of drug-likeness (QED) is 0.895. The zero-order chi connectivity index (χ0) is 14.2. The Morgan fingerprint density at radius 3 is 2.60 bits per heavy atom. The van der Waals surface area contributed by atoms with E-state index in [0.29, 0.717) is 13.0 Å². The normalized spacial score (nSPS) is 16.9. The number of nitrogens with two attached hydrogens (primary N) is 1. The lowest BCUT2D eigenvalue weighted by Crippen LogP contribution is -2.48. The SMILES string of the molecule is Cc1cc2c(cc1C)OC(C(=O)NCC(C)(C)N)C2.Cl. The largest absolute Gasteiger partial charge is 0.480 e. The number of hydrogen-bond donors (Lipinski definition) is 2. The van der Waals surface area contributed by atoms with Gasteiger partial charge in [-0.15, -0.1) is 12.4 Å². The molecule has 5 heteroatoms. The number of amides is 1. The summed E-state index contributed by atoms with van der Waals surface area (Å²) in [5, 5.41) is 2.84. The average molecular weight is 299 g/mol. The zero-order valence-corrected chi connectivity index (χ0v) is 13.3. The van der Waals surface area contributed by atoms with Gasteiger partial charge in [-0.1, -0.05) is 6.07 Å². The van der Waals surface area contributed by atoms with Gasteiger partial charge in [-0.3, -0.25) is 4.79 Å². The summed E-state index contributed by atoms with van der Waals surface area (Å²) in [7, 11) is 0. The van der Waals surface area contributed by atoms with Gasteiger partial charge in [0.1, 0.15) is 5.75 Å². The number of aryl methyl sites for hydroxylation is 2. The fourth-order valence-electron chi connectivity index (χ4n) is 2.09. The van der Waals surface area contributed by atoms with E-state index in [9.17, 15) is 4.79 Å². The Labute approximate surface area is 126 Å². The van der Waals surface area contributed by atoms with Crippen LogP contribution in [0, 0.1) is 13.8 Å². The molecular weight excluding hydrogens is 276 g/mol. The summed E-state index contributed by atoms with van der Waals surface area (Å²) in [4.78, 5) is 12.0. The van der Waals surface area contributed by atoms with Gasteiger partial charge in [0, 0.05) is 18.5 Å². The minimum absolute atomic E-state index is 0. The van der Waals surface area contributed by atoms with Crippen molar-refractivity contribution in [1.82, 2.24) is 5.32 Å². The number of fused-ring (bicyclic) bond motifs is 1. The van der Waals surface area contributed by atoms with Crippen molar-refractivity contribution in [2.24, 2.45) is 5.73 Å². The van der Waals surface area contributed by atoms with Crippen molar-refractivity contribution in [2.45, 2.75) is 45.8 Å². The number of rotatable bonds is 3. The molecule has 0 spiro atoms. The summed E-state index contributed by atoms with van der Waals surface area (Å²) in [6.07, 6.45) is 0.200. The highest BCUT2D eigenvalue weighted by molar-refractivity contribution is 5.85. The molecule has 1 amide bonds. The number of carbonyl (C=O) groups is 1. The van der Waals surface area contributed by atoms with Crippen LogP contribution in [0.15, 0.2) is 12.1 Å². The van der Waals surface area contributed by atoms with E-state index in [1.807, 2.05) is 26.8 Å². The summed E-state index contributed by atoms with van der Waals surface area (Å²) in [6, 6.07) is 4.11. The Bertz CT molecular complexity index is 478. The molecule has 0 aliphatic carbocycles. The van der Waals surface area contributed by atoms with Crippen LogP contribution in [0.1, 0.15) is 30.5 Å². The van der Waals surface area contributed by atoms with Crippen LogP contribution in [-0.2, 0) is 11.2 Å². The first-order valence-electron chi connectivity index (χ1n) is 6.59. The van der Waals surface area contributed by atoms with E-state index < -0.39 is 11.6 Å². The number of nitrogens with one attached hydrogen (secondary N) is 1. The van der Waals surface area contributed by atoms with Crippen LogP contribution in [0.4, 0.5) is 0 Å². The fraction of sp³-hybridized carbons (Fsp3) is 0.533. The lowest BCUT2D eigenvalue weighted by atomic mass is 10.0. The molecule has 0 fully saturated rings. The van der Waals surface area contributed by atoms with Gasteiger partial charge in [0.05, 0.1) is 0 Å². The topological polar surface area (TPSA) is 64.3 Å². The number of carbonyl (C=O) groups excluding carboxylic acids is 1. The number of ether oxygens (including phenoxy) is 1. The molecule has 1 aliphatic rings. The molecule has 4 nitrogen and oxygen atoms in total. The molecule has 0 saturated heterocycles. The van der Waals surface area contributed by atoms with E-state index in [1.165, 1.54) is 11.1 Å². The third-order valence-corrected chi connectivity index (χ3v) is 3.36. The van der Waals surface area contributed by atoms with Crippen LogP contribution < -0.4 is 15.8 Å². The predicted molar refractivity (Wildman–Crippen MR) is 82.6 cm³/mol. The van der Waals surface area contributed by atoms with Crippen molar-refractivity contribution in [1.29, 1.82) is 0 Å².